The van der Waals surface area contributed by atoms with Crippen molar-refractivity contribution < 1.29 is 18.8 Å². The normalized spacial score (nSPS) is 12.9. The highest BCUT2D eigenvalue weighted by Gasteiger charge is 2.23. The molecular formula is C21H17N5O5S. The van der Waals surface area contributed by atoms with Gasteiger partial charge in [0.25, 0.3) is 5.69 Å². The van der Waals surface area contributed by atoms with Crippen LogP contribution < -0.4 is 4.74 Å². The van der Waals surface area contributed by atoms with Crippen LogP contribution in [-0.4, -0.2) is 31.5 Å². The Morgan fingerprint density at radius 3 is 2.91 bits per heavy atom. The summed E-state index contributed by atoms with van der Waals surface area (Å²) in [5.41, 5.74) is 2.05. The van der Waals surface area contributed by atoms with Gasteiger partial charge < -0.3 is 13.9 Å². The molecule has 0 atom stereocenters. The van der Waals surface area contributed by atoms with Gasteiger partial charge in [0.2, 0.25) is 0 Å². The topological polar surface area (TPSA) is 118 Å². The van der Waals surface area contributed by atoms with Gasteiger partial charge in [-0.2, -0.15) is 0 Å². The highest BCUT2D eigenvalue weighted by Crippen LogP contribution is 2.36. The van der Waals surface area contributed by atoms with Crippen molar-refractivity contribution in [2.45, 2.75) is 24.1 Å². The molecule has 0 aliphatic carbocycles. The molecule has 0 N–H and O–H groups in total. The third-order valence-electron chi connectivity index (χ3n) is 4.84. The number of nitro groups is 1. The van der Waals surface area contributed by atoms with Crippen molar-refractivity contribution in [3.05, 3.63) is 81.9 Å². The van der Waals surface area contributed by atoms with Crippen molar-refractivity contribution in [2.75, 3.05) is 6.79 Å². The van der Waals surface area contributed by atoms with Gasteiger partial charge in [0, 0.05) is 35.2 Å². The molecule has 0 spiro atoms. The molecule has 0 saturated heterocycles. The van der Waals surface area contributed by atoms with Crippen molar-refractivity contribution in [1.29, 1.82) is 0 Å². The van der Waals surface area contributed by atoms with Crippen molar-refractivity contribution >= 4 is 17.4 Å². The minimum atomic E-state index is -0.415. The first-order valence-corrected chi connectivity index (χ1v) is 10.7. The predicted molar refractivity (Wildman–Crippen MR) is 114 cm³/mol. The molecule has 0 bridgehead atoms. The first-order valence-electron chi connectivity index (χ1n) is 9.69. The van der Waals surface area contributed by atoms with Gasteiger partial charge in [0.05, 0.1) is 24.3 Å². The predicted octanol–water partition coefficient (Wildman–Crippen LogP) is 4.05. The van der Waals surface area contributed by atoms with E-state index in [-0.39, 0.29) is 19.1 Å². The van der Waals surface area contributed by atoms with Gasteiger partial charge in [0.1, 0.15) is 17.2 Å². The Morgan fingerprint density at radius 1 is 1.19 bits per heavy atom. The first kappa shape index (κ1) is 20.2. The number of non-ortho nitro benzene ring substituents is 1. The van der Waals surface area contributed by atoms with E-state index in [0.717, 1.165) is 5.76 Å². The molecule has 0 saturated carbocycles. The molecule has 162 valence electrons. The zero-order valence-corrected chi connectivity index (χ0v) is 17.5. The number of nitrogens with zero attached hydrogens (tertiary/aromatic N) is 5. The van der Waals surface area contributed by atoms with E-state index in [1.54, 1.807) is 12.5 Å². The molecule has 1 aliphatic rings. The molecule has 1 aliphatic heterocycles. The van der Waals surface area contributed by atoms with Crippen LogP contribution in [0, 0.1) is 10.1 Å². The van der Waals surface area contributed by atoms with Crippen LogP contribution >= 0.6 is 11.8 Å². The zero-order valence-electron chi connectivity index (χ0n) is 16.7. The molecule has 1 aromatic carbocycles. The van der Waals surface area contributed by atoms with Gasteiger partial charge in [0.15, 0.2) is 17.8 Å². The highest BCUT2D eigenvalue weighted by molar-refractivity contribution is 7.98. The summed E-state index contributed by atoms with van der Waals surface area (Å²) in [6.45, 7) is 0.805. The maximum Gasteiger partial charge on any atom is 0.270 e. The fourth-order valence-electron chi connectivity index (χ4n) is 3.42. The summed E-state index contributed by atoms with van der Waals surface area (Å²) < 4.78 is 18.4. The lowest BCUT2D eigenvalue weighted by molar-refractivity contribution is -0.385. The average Bonchev–Trinajstić information content (AvgIpc) is 3.48. The molecule has 0 fully saturated rings. The molecule has 11 heteroatoms. The van der Waals surface area contributed by atoms with Crippen LogP contribution in [-0.2, 0) is 23.6 Å². The maximum atomic E-state index is 11.4. The number of pyridine rings is 1. The Balaban J connectivity index is 1.48. The largest absolute Gasteiger partial charge is 0.467 e. The Bertz CT molecular complexity index is 1240. The van der Waals surface area contributed by atoms with E-state index in [0.29, 0.717) is 45.8 Å². The van der Waals surface area contributed by atoms with Gasteiger partial charge >= 0.3 is 0 Å². The summed E-state index contributed by atoms with van der Waals surface area (Å²) in [6.07, 6.45) is 3.31. The van der Waals surface area contributed by atoms with Crippen LogP contribution in [0.25, 0.3) is 11.5 Å². The fraction of sp³-hybridized carbons (Fsp3) is 0.190. The number of benzene rings is 1. The summed E-state index contributed by atoms with van der Waals surface area (Å²) in [7, 11) is 0. The summed E-state index contributed by atoms with van der Waals surface area (Å²) in [4.78, 5) is 15.4. The van der Waals surface area contributed by atoms with Crippen LogP contribution in [0.15, 0.2) is 64.5 Å². The number of rotatable bonds is 7. The molecule has 4 aromatic rings. The molecule has 10 nitrogen and oxygen atoms in total. The number of ether oxygens (including phenoxy) is 2. The van der Waals surface area contributed by atoms with Gasteiger partial charge in [-0.3, -0.25) is 19.7 Å². The van der Waals surface area contributed by atoms with Crippen molar-refractivity contribution in [3.8, 4) is 17.3 Å². The second kappa shape index (κ2) is 8.81. The minimum Gasteiger partial charge on any atom is -0.467 e. The van der Waals surface area contributed by atoms with Crippen LogP contribution in [0.1, 0.15) is 16.9 Å². The van der Waals surface area contributed by atoms with Crippen LogP contribution in [0.2, 0.25) is 0 Å². The van der Waals surface area contributed by atoms with Gasteiger partial charge in [-0.15, -0.1) is 10.2 Å². The summed E-state index contributed by atoms with van der Waals surface area (Å²) >= 11 is 1.41. The molecule has 0 amide bonds. The lowest BCUT2D eigenvalue weighted by atomic mass is 10.1. The molecule has 0 radical (unpaired) electrons. The standard InChI is InChI=1S/C21H17N5O5S/c27-26(28)16-8-14-11-29-13-31-19(14)15(9-16)12-32-21-24-23-20(18-5-1-2-6-22-18)25(21)10-17-4-3-7-30-17/h1-9H,10-13H2. The molecule has 0 unspecified atom stereocenters. The number of hydrogen-bond acceptors (Lipinski definition) is 9. The average molecular weight is 451 g/mol. The van der Waals surface area contributed by atoms with E-state index in [2.05, 4.69) is 15.2 Å². The smallest absolute Gasteiger partial charge is 0.270 e. The lowest BCUT2D eigenvalue weighted by Gasteiger charge is -2.20. The second-order valence-electron chi connectivity index (χ2n) is 6.94. The molecule has 5 rings (SSSR count). The van der Waals surface area contributed by atoms with E-state index >= 15 is 0 Å². The lowest BCUT2D eigenvalue weighted by Crippen LogP contribution is -2.13. The molecular weight excluding hydrogens is 434 g/mol. The number of hydrogen-bond donors (Lipinski definition) is 0. The fourth-order valence-corrected chi connectivity index (χ4v) is 4.32. The third kappa shape index (κ3) is 4.07. The van der Waals surface area contributed by atoms with E-state index in [1.807, 2.05) is 34.9 Å². The molecule has 32 heavy (non-hydrogen) atoms. The number of fused-ring (bicyclic) bond motifs is 1. The highest BCUT2D eigenvalue weighted by atomic mass is 32.2. The number of furan rings is 1. The monoisotopic (exact) mass is 451 g/mol. The minimum absolute atomic E-state index is 0.000299. The van der Waals surface area contributed by atoms with Gasteiger partial charge in [-0.05, 0) is 24.3 Å². The van der Waals surface area contributed by atoms with Crippen LogP contribution in [0.4, 0.5) is 5.69 Å². The summed E-state index contributed by atoms with van der Waals surface area (Å²) in [5, 5.41) is 20.7. The zero-order chi connectivity index (χ0) is 21.9. The number of nitro benzene ring substituents is 1. The third-order valence-corrected chi connectivity index (χ3v) is 5.86. The number of thioether (sulfide) groups is 1. The van der Waals surface area contributed by atoms with Crippen molar-refractivity contribution in [3.63, 3.8) is 0 Å². The SMILES string of the molecule is O=[N+]([O-])c1cc2c(c(CSc3nnc(-c4ccccn4)n3Cc3ccco3)c1)OCOC2. The van der Waals surface area contributed by atoms with E-state index in [9.17, 15) is 10.1 Å². The van der Waals surface area contributed by atoms with Crippen LogP contribution in [0.3, 0.4) is 0 Å². The first-order chi connectivity index (χ1) is 15.7. The van der Waals surface area contributed by atoms with Crippen LogP contribution in [0.5, 0.6) is 5.75 Å². The van der Waals surface area contributed by atoms with Gasteiger partial charge in [-0.25, -0.2) is 0 Å². The van der Waals surface area contributed by atoms with E-state index in [1.165, 1.54) is 23.9 Å². The Kier molecular flexibility index (Phi) is 5.57. The van der Waals surface area contributed by atoms with Crippen molar-refractivity contribution in [2.24, 2.45) is 0 Å². The Labute approximate surface area is 186 Å². The maximum absolute atomic E-state index is 11.4. The molecule has 4 heterocycles. The summed E-state index contributed by atoms with van der Waals surface area (Å²) in [6, 6.07) is 12.3. The van der Waals surface area contributed by atoms with Crippen molar-refractivity contribution in [1.82, 2.24) is 19.7 Å². The van der Waals surface area contributed by atoms with E-state index < -0.39 is 4.92 Å². The second-order valence-corrected chi connectivity index (χ2v) is 7.88. The quantitative estimate of drug-likeness (QED) is 0.233. The van der Waals surface area contributed by atoms with E-state index in [4.69, 9.17) is 13.9 Å². The summed E-state index contributed by atoms with van der Waals surface area (Å²) in [5.74, 6) is 2.38. The Hall–Kier alpha value is -3.70. The van der Waals surface area contributed by atoms with Gasteiger partial charge in [-0.1, -0.05) is 17.8 Å². The number of aromatic nitrogens is 4. The molecule has 3 aromatic heterocycles. The Morgan fingerprint density at radius 2 is 2.12 bits per heavy atom.